The highest BCUT2D eigenvalue weighted by atomic mass is 32.2. The van der Waals surface area contributed by atoms with Crippen LogP contribution in [0.25, 0.3) is 0 Å². The zero-order chi connectivity index (χ0) is 18.2. The van der Waals surface area contributed by atoms with E-state index in [9.17, 15) is 18.4 Å². The van der Waals surface area contributed by atoms with E-state index in [0.717, 1.165) is 48.1 Å². The highest BCUT2D eigenvalue weighted by Crippen LogP contribution is 2.26. The van der Waals surface area contributed by atoms with Crippen LogP contribution < -0.4 is 10.6 Å². The lowest BCUT2D eigenvalue weighted by Crippen LogP contribution is -2.15. The lowest BCUT2D eigenvalue weighted by molar-refractivity contribution is -0.116. The lowest BCUT2D eigenvalue weighted by Gasteiger charge is -2.05. The number of unbranched alkanes of at least 4 members (excludes halogenated alkanes) is 1. The number of nitrogens with zero attached hydrogens (tertiary/aromatic N) is 2. The van der Waals surface area contributed by atoms with Gasteiger partial charge in [-0.05, 0) is 18.6 Å². The van der Waals surface area contributed by atoms with E-state index in [-0.39, 0.29) is 17.3 Å². The number of anilines is 2. The molecule has 0 saturated carbocycles. The van der Waals surface area contributed by atoms with Gasteiger partial charge in [-0.25, -0.2) is 8.78 Å². The number of thioether (sulfide) groups is 1. The van der Waals surface area contributed by atoms with E-state index in [1.807, 2.05) is 6.92 Å². The summed E-state index contributed by atoms with van der Waals surface area (Å²) in [5, 5.41) is 13.1. The van der Waals surface area contributed by atoms with Gasteiger partial charge < -0.3 is 10.6 Å². The first-order chi connectivity index (χ1) is 12.0. The van der Waals surface area contributed by atoms with E-state index in [4.69, 9.17) is 0 Å². The molecule has 0 aliphatic carbocycles. The molecule has 0 aliphatic rings. The fourth-order valence-corrected chi connectivity index (χ4v) is 3.31. The predicted molar refractivity (Wildman–Crippen MR) is 93.8 cm³/mol. The second-order valence-electron chi connectivity index (χ2n) is 4.99. The Labute approximate surface area is 151 Å². The summed E-state index contributed by atoms with van der Waals surface area (Å²) in [5.74, 6) is -2.16. The van der Waals surface area contributed by atoms with Gasteiger partial charge in [0.25, 0.3) is 0 Å². The molecule has 2 aromatic rings. The Kier molecular flexibility index (Phi) is 7.26. The quantitative estimate of drug-likeness (QED) is 0.534. The van der Waals surface area contributed by atoms with Crippen LogP contribution in [0.5, 0.6) is 0 Å². The first-order valence-electron chi connectivity index (χ1n) is 7.49. The van der Waals surface area contributed by atoms with Crippen molar-refractivity contribution in [3.05, 3.63) is 29.8 Å². The van der Waals surface area contributed by atoms with Crippen molar-refractivity contribution in [3.8, 4) is 0 Å². The number of benzene rings is 1. The molecule has 0 saturated heterocycles. The average Bonchev–Trinajstić information content (AvgIpc) is 3.01. The monoisotopic (exact) mass is 386 g/mol. The Morgan fingerprint density at radius 3 is 2.72 bits per heavy atom. The van der Waals surface area contributed by atoms with Crippen molar-refractivity contribution in [2.75, 3.05) is 16.4 Å². The van der Waals surface area contributed by atoms with Crippen molar-refractivity contribution >= 4 is 45.7 Å². The molecule has 0 spiro atoms. The number of hydrogen-bond donors (Lipinski definition) is 2. The van der Waals surface area contributed by atoms with Gasteiger partial charge in [-0.3, -0.25) is 9.59 Å². The number of carbonyl (C=O) groups is 2. The molecule has 2 amide bonds. The first kappa shape index (κ1) is 19.3. The van der Waals surface area contributed by atoms with E-state index < -0.39 is 17.5 Å². The van der Waals surface area contributed by atoms with Gasteiger partial charge in [0.1, 0.15) is 11.6 Å². The minimum absolute atomic E-state index is 0.0186. The van der Waals surface area contributed by atoms with E-state index in [0.29, 0.717) is 22.0 Å². The SMILES string of the molecule is CCCCC(=O)Nc1nnc(SCC(=O)Nc2ccc(F)cc2F)s1. The molecule has 0 aliphatic heterocycles. The van der Waals surface area contributed by atoms with Gasteiger partial charge in [0.05, 0.1) is 11.4 Å². The summed E-state index contributed by atoms with van der Waals surface area (Å²) in [5.41, 5.74) is -0.0897. The molecular weight excluding hydrogens is 370 g/mol. The number of amides is 2. The Balaban J connectivity index is 1.81. The summed E-state index contributed by atoms with van der Waals surface area (Å²) in [6.45, 7) is 2.00. The predicted octanol–water partition coefficient (Wildman–Crippen LogP) is 3.68. The van der Waals surface area contributed by atoms with Crippen molar-refractivity contribution in [1.29, 1.82) is 0 Å². The Hall–Kier alpha value is -2.07. The second kappa shape index (κ2) is 9.42. The summed E-state index contributed by atoms with van der Waals surface area (Å²) in [6.07, 6.45) is 2.14. The number of hydrogen-bond acceptors (Lipinski definition) is 6. The molecule has 0 radical (unpaired) electrons. The topological polar surface area (TPSA) is 84.0 Å². The molecule has 2 rings (SSSR count). The van der Waals surface area contributed by atoms with Gasteiger partial charge >= 0.3 is 0 Å². The summed E-state index contributed by atoms with van der Waals surface area (Å²) in [6, 6.07) is 2.91. The Bertz CT molecular complexity index is 755. The van der Waals surface area contributed by atoms with Crippen LogP contribution in [0.2, 0.25) is 0 Å². The molecule has 0 bridgehead atoms. The van der Waals surface area contributed by atoms with Crippen molar-refractivity contribution in [2.45, 2.75) is 30.5 Å². The van der Waals surface area contributed by atoms with Gasteiger partial charge in [0, 0.05) is 12.5 Å². The molecule has 10 heteroatoms. The highest BCUT2D eigenvalue weighted by molar-refractivity contribution is 8.01. The van der Waals surface area contributed by atoms with Crippen LogP contribution in [0.1, 0.15) is 26.2 Å². The number of carbonyl (C=O) groups excluding carboxylic acids is 2. The maximum absolute atomic E-state index is 13.5. The molecule has 1 aromatic heterocycles. The fraction of sp³-hybridized carbons (Fsp3) is 0.333. The third-order valence-corrected chi connectivity index (χ3v) is 4.91. The summed E-state index contributed by atoms with van der Waals surface area (Å²) in [4.78, 5) is 23.4. The average molecular weight is 386 g/mol. The first-order valence-corrected chi connectivity index (χ1v) is 9.29. The Morgan fingerprint density at radius 1 is 1.20 bits per heavy atom. The van der Waals surface area contributed by atoms with Gasteiger partial charge in [-0.15, -0.1) is 10.2 Å². The van der Waals surface area contributed by atoms with Crippen LogP contribution in [0.15, 0.2) is 22.5 Å². The van der Waals surface area contributed by atoms with Crippen molar-refractivity contribution in [3.63, 3.8) is 0 Å². The van der Waals surface area contributed by atoms with Gasteiger partial charge in [0.2, 0.25) is 16.9 Å². The molecule has 0 atom stereocenters. The third-order valence-electron chi connectivity index (χ3n) is 2.94. The molecule has 1 heterocycles. The zero-order valence-electron chi connectivity index (χ0n) is 13.3. The van der Waals surface area contributed by atoms with Crippen LogP contribution >= 0.6 is 23.1 Å². The summed E-state index contributed by atoms with van der Waals surface area (Å²) < 4.78 is 26.8. The second-order valence-corrected chi connectivity index (χ2v) is 7.19. The van der Waals surface area contributed by atoms with Crippen molar-refractivity contribution < 1.29 is 18.4 Å². The minimum atomic E-state index is -0.841. The number of aromatic nitrogens is 2. The van der Waals surface area contributed by atoms with Crippen LogP contribution in [-0.2, 0) is 9.59 Å². The van der Waals surface area contributed by atoms with Gasteiger partial charge in [0.15, 0.2) is 4.34 Å². The molecule has 6 nitrogen and oxygen atoms in total. The standard InChI is InChI=1S/C15H16F2N4O2S2/c1-2-3-4-12(22)19-14-20-21-15(25-14)24-8-13(23)18-11-6-5-9(16)7-10(11)17/h5-7H,2-4,8H2,1H3,(H,18,23)(H,19,20,22). The van der Waals surface area contributed by atoms with Gasteiger partial charge in [-0.2, -0.15) is 0 Å². The van der Waals surface area contributed by atoms with Crippen LogP contribution in [0.3, 0.4) is 0 Å². The van der Waals surface area contributed by atoms with E-state index in [2.05, 4.69) is 20.8 Å². The van der Waals surface area contributed by atoms with E-state index >= 15 is 0 Å². The molecule has 0 unspecified atom stereocenters. The van der Waals surface area contributed by atoms with E-state index in [1.165, 1.54) is 0 Å². The third kappa shape index (κ3) is 6.39. The summed E-state index contributed by atoms with van der Waals surface area (Å²) in [7, 11) is 0. The normalized spacial score (nSPS) is 10.5. The number of halogens is 2. The molecular formula is C15H16F2N4O2S2. The molecule has 2 N–H and O–H groups in total. The molecule has 0 fully saturated rings. The highest BCUT2D eigenvalue weighted by Gasteiger charge is 2.12. The van der Waals surface area contributed by atoms with Crippen LogP contribution in [0, 0.1) is 11.6 Å². The van der Waals surface area contributed by atoms with Crippen LogP contribution in [0.4, 0.5) is 19.6 Å². The smallest absolute Gasteiger partial charge is 0.234 e. The molecule has 25 heavy (non-hydrogen) atoms. The Morgan fingerprint density at radius 2 is 2.00 bits per heavy atom. The maximum atomic E-state index is 13.5. The number of rotatable bonds is 8. The zero-order valence-corrected chi connectivity index (χ0v) is 15.0. The molecule has 134 valence electrons. The number of nitrogens with one attached hydrogen (secondary N) is 2. The van der Waals surface area contributed by atoms with Gasteiger partial charge in [-0.1, -0.05) is 36.4 Å². The van der Waals surface area contributed by atoms with E-state index in [1.54, 1.807) is 0 Å². The largest absolute Gasteiger partial charge is 0.323 e. The fourth-order valence-electron chi connectivity index (χ4n) is 1.74. The van der Waals surface area contributed by atoms with Crippen LogP contribution in [-0.4, -0.2) is 27.8 Å². The van der Waals surface area contributed by atoms with Crippen molar-refractivity contribution in [2.24, 2.45) is 0 Å². The summed E-state index contributed by atoms with van der Waals surface area (Å²) >= 11 is 2.26. The minimum Gasteiger partial charge on any atom is -0.323 e. The maximum Gasteiger partial charge on any atom is 0.234 e. The molecule has 1 aromatic carbocycles. The lowest BCUT2D eigenvalue weighted by atomic mass is 10.2. The van der Waals surface area contributed by atoms with Crippen molar-refractivity contribution in [1.82, 2.24) is 10.2 Å².